The number of nitrogens with one attached hydrogen (secondary N) is 1. The van der Waals surface area contributed by atoms with Crippen molar-refractivity contribution in [3.8, 4) is 0 Å². The summed E-state index contributed by atoms with van der Waals surface area (Å²) in [5.41, 5.74) is 5.00. The van der Waals surface area contributed by atoms with E-state index in [-0.39, 0.29) is 5.91 Å². The normalized spacial score (nSPS) is 11.1. The molecule has 1 N–H and O–H groups in total. The number of hydrogen-bond donors (Lipinski definition) is 1. The van der Waals surface area contributed by atoms with Crippen LogP contribution in [0.1, 0.15) is 21.5 Å². The van der Waals surface area contributed by atoms with Crippen LogP contribution in [0.25, 0.3) is 22.1 Å². The van der Waals surface area contributed by atoms with Crippen molar-refractivity contribution in [1.82, 2.24) is 30.0 Å². The van der Waals surface area contributed by atoms with Crippen LogP contribution in [0.4, 0.5) is 0 Å². The first kappa shape index (κ1) is 18.9. The highest BCUT2D eigenvalue weighted by atomic mass is 16.1. The first-order valence-electron chi connectivity index (χ1n) is 10.1. The largest absolute Gasteiger partial charge is 0.352 e. The number of amides is 1. The zero-order chi connectivity index (χ0) is 21.0. The van der Waals surface area contributed by atoms with Gasteiger partial charge in [0.2, 0.25) is 5.65 Å². The van der Waals surface area contributed by atoms with Crippen LogP contribution >= 0.6 is 0 Å². The summed E-state index contributed by atoms with van der Waals surface area (Å²) in [6.45, 7) is 1.21. The Morgan fingerprint density at radius 2 is 1.84 bits per heavy atom. The second kappa shape index (κ2) is 8.31. The van der Waals surface area contributed by atoms with Gasteiger partial charge in [-0.15, -0.1) is 10.2 Å². The number of carbonyl (C=O) groups excluding carboxylic acids is 1. The van der Waals surface area contributed by atoms with Crippen molar-refractivity contribution in [1.29, 1.82) is 0 Å². The number of imidazole rings is 1. The van der Waals surface area contributed by atoms with E-state index in [1.807, 2.05) is 53.2 Å². The van der Waals surface area contributed by atoms with E-state index in [2.05, 4.69) is 37.6 Å². The fourth-order valence-corrected chi connectivity index (χ4v) is 3.64. The van der Waals surface area contributed by atoms with E-state index in [9.17, 15) is 4.79 Å². The molecule has 0 aliphatic carbocycles. The van der Waals surface area contributed by atoms with Gasteiger partial charge >= 0.3 is 0 Å². The summed E-state index contributed by atoms with van der Waals surface area (Å²) in [6, 6.07) is 19.5. The van der Waals surface area contributed by atoms with Gasteiger partial charge in [-0.1, -0.05) is 36.4 Å². The molecule has 152 valence electrons. The fourth-order valence-electron chi connectivity index (χ4n) is 3.64. The van der Waals surface area contributed by atoms with Gasteiger partial charge in [-0.25, -0.2) is 4.98 Å². The van der Waals surface area contributed by atoms with Crippen LogP contribution < -0.4 is 5.32 Å². The lowest BCUT2D eigenvalue weighted by atomic mass is 10.1. The maximum absolute atomic E-state index is 12.7. The molecule has 0 saturated heterocycles. The zero-order valence-electron chi connectivity index (χ0n) is 16.8. The van der Waals surface area contributed by atoms with Crippen LogP contribution in [-0.2, 0) is 13.0 Å². The minimum absolute atomic E-state index is 0.120. The van der Waals surface area contributed by atoms with Crippen LogP contribution in [0.15, 0.2) is 79.4 Å². The maximum Gasteiger partial charge on any atom is 0.251 e. The molecule has 0 unspecified atom stereocenters. The molecule has 5 aromatic rings. The molecule has 31 heavy (non-hydrogen) atoms. The summed E-state index contributed by atoms with van der Waals surface area (Å²) >= 11 is 0. The second-order valence-electron chi connectivity index (χ2n) is 7.33. The highest BCUT2D eigenvalue weighted by molar-refractivity contribution is 6.05. The minimum Gasteiger partial charge on any atom is -0.352 e. The highest BCUT2D eigenvalue weighted by Crippen LogP contribution is 2.23. The minimum atomic E-state index is -0.120. The van der Waals surface area contributed by atoms with Crippen LogP contribution in [0.3, 0.4) is 0 Å². The molecule has 0 fully saturated rings. The summed E-state index contributed by atoms with van der Waals surface area (Å²) in [5.74, 6) is -0.120. The van der Waals surface area contributed by atoms with Gasteiger partial charge in [-0.3, -0.25) is 9.78 Å². The number of rotatable bonds is 6. The average molecular weight is 408 g/mol. The summed E-state index contributed by atoms with van der Waals surface area (Å²) in [5, 5.41) is 12.4. The van der Waals surface area contributed by atoms with Crippen LogP contribution in [0, 0.1) is 0 Å². The van der Waals surface area contributed by atoms with E-state index in [0.29, 0.717) is 24.3 Å². The Morgan fingerprint density at radius 3 is 2.68 bits per heavy atom. The summed E-state index contributed by atoms with van der Waals surface area (Å²) < 4.78 is 2.05. The number of benzene rings is 2. The lowest BCUT2D eigenvalue weighted by Gasteiger charge is -2.09. The summed E-state index contributed by atoms with van der Waals surface area (Å²) in [4.78, 5) is 21.3. The molecule has 2 aromatic carbocycles. The average Bonchev–Trinajstić information content (AvgIpc) is 3.23. The molecule has 5 rings (SSSR count). The van der Waals surface area contributed by atoms with Gasteiger partial charge < -0.3 is 9.88 Å². The highest BCUT2D eigenvalue weighted by Gasteiger charge is 2.13. The van der Waals surface area contributed by atoms with Crippen LogP contribution in [-0.4, -0.2) is 37.2 Å². The van der Waals surface area contributed by atoms with Gasteiger partial charge in [-0.05, 0) is 41.8 Å². The Bertz CT molecular complexity index is 1350. The SMILES string of the molecule is O=C(NCCc1cccnc1)c1ccc2nnc3ncn(Cc4ccccc4)c3c2c1. The predicted molar refractivity (Wildman–Crippen MR) is 119 cm³/mol. The first-order valence-corrected chi connectivity index (χ1v) is 10.1. The quantitative estimate of drug-likeness (QED) is 0.465. The lowest BCUT2D eigenvalue weighted by Crippen LogP contribution is -2.25. The number of fused-ring (bicyclic) bond motifs is 3. The molecule has 1 amide bonds. The molecule has 7 nitrogen and oxygen atoms in total. The van der Waals surface area contributed by atoms with Gasteiger partial charge in [0.15, 0.2) is 0 Å². The molecule has 0 aliphatic rings. The van der Waals surface area contributed by atoms with Crippen LogP contribution in [0.2, 0.25) is 0 Å². The number of nitrogens with zero attached hydrogens (tertiary/aromatic N) is 5. The van der Waals surface area contributed by atoms with Crippen molar-refractivity contribution < 1.29 is 4.79 Å². The molecule has 0 aliphatic heterocycles. The smallest absolute Gasteiger partial charge is 0.251 e. The predicted octanol–water partition coefficient (Wildman–Crippen LogP) is 3.40. The third kappa shape index (κ3) is 3.98. The molecular weight excluding hydrogens is 388 g/mol. The standard InChI is InChI=1S/C24H20N6O/c31-24(26-12-10-17-7-4-11-25-14-17)19-8-9-21-20(13-19)22-23(29-28-21)27-16-30(22)15-18-5-2-1-3-6-18/h1-9,11,13-14,16H,10,12,15H2,(H,26,31). The van der Waals surface area contributed by atoms with Gasteiger partial charge in [0.05, 0.1) is 17.4 Å². The topological polar surface area (TPSA) is 85.6 Å². The molecule has 3 heterocycles. The van der Waals surface area contributed by atoms with E-state index < -0.39 is 0 Å². The zero-order valence-corrected chi connectivity index (χ0v) is 16.8. The molecular formula is C24H20N6O. The summed E-state index contributed by atoms with van der Waals surface area (Å²) in [7, 11) is 0. The molecule has 0 bridgehead atoms. The summed E-state index contributed by atoms with van der Waals surface area (Å²) in [6.07, 6.45) is 6.05. The molecule has 0 radical (unpaired) electrons. The number of hydrogen-bond acceptors (Lipinski definition) is 5. The van der Waals surface area contributed by atoms with Crippen molar-refractivity contribution in [3.63, 3.8) is 0 Å². The van der Waals surface area contributed by atoms with Crippen molar-refractivity contribution in [3.05, 3.63) is 96.1 Å². The van der Waals surface area contributed by atoms with Gasteiger partial charge in [0.25, 0.3) is 5.91 Å². The van der Waals surface area contributed by atoms with Gasteiger partial charge in [0.1, 0.15) is 0 Å². The number of carbonyl (C=O) groups is 1. The Kier molecular flexibility index (Phi) is 5.06. The van der Waals surface area contributed by atoms with Crippen molar-refractivity contribution >= 4 is 28.0 Å². The third-order valence-corrected chi connectivity index (χ3v) is 5.20. The van der Waals surface area contributed by atoms with E-state index in [1.54, 1.807) is 18.6 Å². The Labute approximate surface area is 178 Å². The van der Waals surface area contributed by atoms with E-state index >= 15 is 0 Å². The van der Waals surface area contributed by atoms with E-state index in [1.165, 1.54) is 0 Å². The van der Waals surface area contributed by atoms with E-state index in [4.69, 9.17) is 0 Å². The number of pyridine rings is 1. The fraction of sp³-hybridized carbons (Fsp3) is 0.125. The molecule has 0 spiro atoms. The van der Waals surface area contributed by atoms with Crippen molar-refractivity contribution in [2.24, 2.45) is 0 Å². The Hall–Kier alpha value is -4.13. The van der Waals surface area contributed by atoms with E-state index in [0.717, 1.165) is 34.0 Å². The monoisotopic (exact) mass is 408 g/mol. The second-order valence-corrected chi connectivity index (χ2v) is 7.33. The molecule has 0 atom stereocenters. The lowest BCUT2D eigenvalue weighted by molar-refractivity contribution is 0.0954. The Morgan fingerprint density at radius 1 is 0.968 bits per heavy atom. The van der Waals surface area contributed by atoms with Crippen molar-refractivity contribution in [2.45, 2.75) is 13.0 Å². The Balaban J connectivity index is 1.43. The first-order chi connectivity index (χ1) is 15.3. The van der Waals surface area contributed by atoms with Crippen molar-refractivity contribution in [2.75, 3.05) is 6.54 Å². The maximum atomic E-state index is 12.7. The van der Waals surface area contributed by atoms with Gasteiger partial charge in [0, 0.05) is 36.4 Å². The van der Waals surface area contributed by atoms with Crippen LogP contribution in [0.5, 0.6) is 0 Å². The molecule has 3 aromatic heterocycles. The third-order valence-electron chi connectivity index (χ3n) is 5.20. The molecule has 7 heteroatoms. The molecule has 0 saturated carbocycles. The number of aromatic nitrogens is 5. The van der Waals surface area contributed by atoms with Gasteiger partial charge in [-0.2, -0.15) is 0 Å².